The van der Waals surface area contributed by atoms with Crippen LogP contribution in [0.15, 0.2) is 60.2 Å². The quantitative estimate of drug-likeness (QED) is 0.658. The summed E-state index contributed by atoms with van der Waals surface area (Å²) in [5, 5.41) is 0. The summed E-state index contributed by atoms with van der Waals surface area (Å²) in [4.78, 5) is 0. The molecule has 1 unspecified atom stereocenters. The summed E-state index contributed by atoms with van der Waals surface area (Å²) in [6, 6.07) is 15.7. The van der Waals surface area contributed by atoms with Gasteiger partial charge in [-0.3, -0.25) is 0 Å². The molecule has 0 saturated heterocycles. The molecule has 0 bridgehead atoms. The van der Waals surface area contributed by atoms with E-state index >= 15 is 0 Å². The van der Waals surface area contributed by atoms with Gasteiger partial charge in [-0.05, 0) is 58.9 Å². The average molecular weight is 276 g/mol. The van der Waals surface area contributed by atoms with Crippen LogP contribution in [0.25, 0.3) is 11.6 Å². The second-order valence-corrected chi connectivity index (χ2v) is 6.14. The van der Waals surface area contributed by atoms with Crippen LogP contribution in [-0.4, -0.2) is 0 Å². The maximum atomic E-state index is 13.7. The molecule has 2 aromatic rings. The Morgan fingerprint density at radius 1 is 1.05 bits per heavy atom. The van der Waals surface area contributed by atoms with Crippen LogP contribution in [0.3, 0.4) is 0 Å². The van der Waals surface area contributed by atoms with Crippen LogP contribution in [0.4, 0.5) is 4.39 Å². The Balaban J connectivity index is 1.88. The van der Waals surface area contributed by atoms with E-state index in [4.69, 9.17) is 0 Å². The van der Waals surface area contributed by atoms with Crippen LogP contribution in [0.1, 0.15) is 36.5 Å². The van der Waals surface area contributed by atoms with E-state index in [1.807, 2.05) is 12.1 Å². The fourth-order valence-electron chi connectivity index (χ4n) is 3.74. The highest BCUT2D eigenvalue weighted by atomic mass is 19.1. The molecule has 2 aromatic carbocycles. The molecule has 2 aliphatic rings. The molecule has 1 atom stereocenters. The van der Waals surface area contributed by atoms with Crippen LogP contribution in [0.5, 0.6) is 0 Å². The largest absolute Gasteiger partial charge is 0.207 e. The van der Waals surface area contributed by atoms with Gasteiger partial charge in [-0.25, -0.2) is 4.39 Å². The van der Waals surface area contributed by atoms with Crippen LogP contribution >= 0.6 is 0 Å². The summed E-state index contributed by atoms with van der Waals surface area (Å²) in [6.45, 7) is 2.25. The standard InChI is InChI=1S/C20H17F/c1-20-11-5-8-17(14-6-3-2-4-7-14)19(20)12-15-9-10-16(21)13-18(15)20/h2-4,6-10,12-13H,5,11H2,1H3. The third kappa shape index (κ3) is 1.80. The molecular weight excluding hydrogens is 259 g/mol. The minimum atomic E-state index is -0.138. The molecule has 21 heavy (non-hydrogen) atoms. The molecule has 4 rings (SSSR count). The normalized spacial score (nSPS) is 23.1. The lowest BCUT2D eigenvalue weighted by Crippen LogP contribution is -2.25. The molecule has 0 aromatic heterocycles. The second kappa shape index (κ2) is 4.42. The van der Waals surface area contributed by atoms with Crippen LogP contribution < -0.4 is 0 Å². The third-order valence-corrected chi connectivity index (χ3v) is 4.87. The Labute approximate surface area is 124 Å². The molecule has 104 valence electrons. The number of rotatable bonds is 1. The smallest absolute Gasteiger partial charge is 0.123 e. The highest BCUT2D eigenvalue weighted by Crippen LogP contribution is 2.52. The van der Waals surface area contributed by atoms with Crippen molar-refractivity contribution in [1.29, 1.82) is 0 Å². The highest BCUT2D eigenvalue weighted by Gasteiger charge is 2.40. The lowest BCUT2D eigenvalue weighted by molar-refractivity contribution is 0.520. The number of hydrogen-bond donors (Lipinski definition) is 0. The van der Waals surface area contributed by atoms with Crippen molar-refractivity contribution in [1.82, 2.24) is 0 Å². The predicted molar refractivity (Wildman–Crippen MR) is 85.4 cm³/mol. The number of fused-ring (bicyclic) bond motifs is 3. The zero-order chi connectivity index (χ0) is 14.4. The molecule has 0 spiro atoms. The first-order chi connectivity index (χ1) is 10.2. The number of benzene rings is 2. The van der Waals surface area contributed by atoms with Crippen molar-refractivity contribution >= 4 is 11.6 Å². The van der Waals surface area contributed by atoms with Gasteiger partial charge in [0, 0.05) is 5.41 Å². The van der Waals surface area contributed by atoms with Gasteiger partial charge in [0.25, 0.3) is 0 Å². The molecule has 0 radical (unpaired) electrons. The molecule has 2 aliphatic carbocycles. The lowest BCUT2D eigenvalue weighted by atomic mass is 9.69. The first-order valence-corrected chi connectivity index (χ1v) is 7.47. The predicted octanol–water partition coefficient (Wildman–Crippen LogP) is 5.36. The first-order valence-electron chi connectivity index (χ1n) is 7.47. The van der Waals surface area contributed by atoms with Gasteiger partial charge in [-0.2, -0.15) is 0 Å². The van der Waals surface area contributed by atoms with E-state index < -0.39 is 0 Å². The molecule has 0 N–H and O–H groups in total. The summed E-state index contributed by atoms with van der Waals surface area (Å²) in [5.74, 6) is -0.138. The Hall–Kier alpha value is -2.15. The van der Waals surface area contributed by atoms with Crippen molar-refractivity contribution in [2.24, 2.45) is 0 Å². The van der Waals surface area contributed by atoms with E-state index in [-0.39, 0.29) is 11.2 Å². The van der Waals surface area contributed by atoms with Crippen molar-refractivity contribution in [2.45, 2.75) is 25.2 Å². The monoisotopic (exact) mass is 276 g/mol. The topological polar surface area (TPSA) is 0 Å². The van der Waals surface area contributed by atoms with Crippen molar-refractivity contribution in [3.8, 4) is 0 Å². The maximum absolute atomic E-state index is 13.7. The molecule has 0 fully saturated rings. The van der Waals surface area contributed by atoms with E-state index in [1.54, 1.807) is 12.1 Å². The molecule has 0 nitrogen and oxygen atoms in total. The molecule has 0 aliphatic heterocycles. The highest BCUT2D eigenvalue weighted by molar-refractivity contribution is 5.92. The number of allylic oxidation sites excluding steroid dienone is 3. The molecule has 1 heteroatoms. The number of halogens is 1. The van der Waals surface area contributed by atoms with Gasteiger partial charge in [0.2, 0.25) is 0 Å². The molecule has 0 saturated carbocycles. The Morgan fingerprint density at radius 3 is 2.67 bits per heavy atom. The SMILES string of the molecule is CC12CCC=C(c3ccccc3)C1=Cc1ccc(F)cc12. The van der Waals surface area contributed by atoms with Gasteiger partial charge in [0.15, 0.2) is 0 Å². The van der Waals surface area contributed by atoms with Crippen LogP contribution in [0, 0.1) is 5.82 Å². The van der Waals surface area contributed by atoms with Gasteiger partial charge in [0.05, 0.1) is 0 Å². The van der Waals surface area contributed by atoms with Gasteiger partial charge >= 0.3 is 0 Å². The van der Waals surface area contributed by atoms with Crippen molar-refractivity contribution in [3.63, 3.8) is 0 Å². The van der Waals surface area contributed by atoms with Crippen LogP contribution in [-0.2, 0) is 5.41 Å². The van der Waals surface area contributed by atoms with E-state index in [0.717, 1.165) is 24.0 Å². The van der Waals surface area contributed by atoms with E-state index in [1.165, 1.54) is 16.7 Å². The van der Waals surface area contributed by atoms with E-state index in [0.29, 0.717) is 0 Å². The third-order valence-electron chi connectivity index (χ3n) is 4.87. The van der Waals surface area contributed by atoms with Crippen LogP contribution in [0.2, 0.25) is 0 Å². The van der Waals surface area contributed by atoms with Gasteiger partial charge in [-0.15, -0.1) is 0 Å². The van der Waals surface area contributed by atoms with Crippen molar-refractivity contribution in [2.75, 3.05) is 0 Å². The lowest BCUT2D eigenvalue weighted by Gasteiger charge is -2.34. The molecule has 0 amide bonds. The van der Waals surface area contributed by atoms with Crippen molar-refractivity contribution < 1.29 is 4.39 Å². The molecule has 0 heterocycles. The summed E-state index contributed by atoms with van der Waals surface area (Å²) < 4.78 is 13.7. The first kappa shape index (κ1) is 12.6. The minimum absolute atomic E-state index is 0.0582. The Kier molecular flexibility index (Phi) is 2.65. The maximum Gasteiger partial charge on any atom is 0.123 e. The Morgan fingerprint density at radius 2 is 1.86 bits per heavy atom. The fraction of sp³-hybridized carbons (Fsp3) is 0.200. The van der Waals surface area contributed by atoms with Crippen molar-refractivity contribution in [3.05, 3.63) is 82.7 Å². The van der Waals surface area contributed by atoms with E-state index in [2.05, 4.69) is 43.3 Å². The fourth-order valence-corrected chi connectivity index (χ4v) is 3.74. The zero-order valence-corrected chi connectivity index (χ0v) is 12.1. The van der Waals surface area contributed by atoms with E-state index in [9.17, 15) is 4.39 Å². The van der Waals surface area contributed by atoms with Gasteiger partial charge in [-0.1, -0.05) is 49.4 Å². The summed E-state index contributed by atoms with van der Waals surface area (Å²) in [5.41, 5.74) is 6.14. The molecular formula is C20H17F. The summed E-state index contributed by atoms with van der Waals surface area (Å²) in [7, 11) is 0. The zero-order valence-electron chi connectivity index (χ0n) is 12.1. The summed E-state index contributed by atoms with van der Waals surface area (Å²) >= 11 is 0. The van der Waals surface area contributed by atoms with Gasteiger partial charge in [0.1, 0.15) is 5.82 Å². The second-order valence-electron chi connectivity index (χ2n) is 6.14. The number of hydrogen-bond acceptors (Lipinski definition) is 0. The summed E-state index contributed by atoms with van der Waals surface area (Å²) in [6.07, 6.45) is 6.65. The minimum Gasteiger partial charge on any atom is -0.207 e. The van der Waals surface area contributed by atoms with Gasteiger partial charge < -0.3 is 0 Å². The average Bonchev–Trinajstić information content (AvgIpc) is 2.80. The Bertz CT molecular complexity index is 768.